The number of amides is 1. The lowest BCUT2D eigenvalue weighted by atomic mass is 9.84. The lowest BCUT2D eigenvalue weighted by Gasteiger charge is -2.36. The number of hydrogen-bond donors (Lipinski definition) is 2. The Morgan fingerprint density at radius 1 is 1.04 bits per heavy atom. The Morgan fingerprint density at radius 2 is 1.78 bits per heavy atom. The van der Waals surface area contributed by atoms with Gasteiger partial charge < -0.3 is 20.7 Å². The quantitative estimate of drug-likeness (QED) is 0.164. The minimum absolute atomic E-state index is 0.0386. The number of hydrogen-bond acceptors (Lipinski definition) is 6. The van der Waals surface area contributed by atoms with Crippen molar-refractivity contribution < 1.29 is 18.3 Å². The topological polar surface area (TPSA) is 92.8 Å². The van der Waals surface area contributed by atoms with Crippen molar-refractivity contribution in [2.45, 2.75) is 106 Å². The van der Waals surface area contributed by atoms with Gasteiger partial charge in [-0.05, 0) is 79.7 Å². The van der Waals surface area contributed by atoms with Crippen molar-refractivity contribution in [3.8, 4) is 5.75 Å². The smallest absolute Gasteiger partial charge is 0.270 e. The molecule has 0 spiro atoms. The average molecular weight is 678 g/mol. The van der Waals surface area contributed by atoms with Crippen molar-refractivity contribution in [2.24, 2.45) is 34.4 Å². The molecule has 1 aromatic carbocycles. The van der Waals surface area contributed by atoms with E-state index in [2.05, 4.69) is 68.3 Å². The standard InChI is InChI=1S/C40H57F2N5O2/c1-10-14-27(6)15-16-30(23-26(5)11-2)29(8)47-22-21-45-38(43)37(47)36(28(7)12-3)33-18-17-31(24-34(33)49-13-4)39(48)46-35-25-32(19-20-44-35)40(9,41)42/h17-22,24-28,30H,8,10-16,23H2,1-7,9H3,(H2,43,45)(H,44,46,48)/b37-36+. The highest BCUT2D eigenvalue weighted by atomic mass is 19.3. The van der Waals surface area contributed by atoms with Gasteiger partial charge in [-0.15, -0.1) is 0 Å². The number of nitrogens with two attached hydrogens (primary N) is 1. The first kappa shape index (κ1) is 39.4. The molecule has 0 bridgehead atoms. The van der Waals surface area contributed by atoms with E-state index in [1.807, 2.05) is 19.2 Å². The normalized spacial score (nSPS) is 16.8. The number of ether oxygens (including phenoxy) is 1. The molecular formula is C40H57F2N5O2. The Hall–Kier alpha value is -4.01. The fraction of sp³-hybridized carbons (Fsp3) is 0.525. The summed E-state index contributed by atoms with van der Waals surface area (Å²) in [5, 5.41) is 2.66. The third kappa shape index (κ3) is 10.5. The highest BCUT2D eigenvalue weighted by molar-refractivity contribution is 6.07. The Balaban J connectivity index is 2.10. The van der Waals surface area contributed by atoms with Crippen molar-refractivity contribution in [3.63, 3.8) is 0 Å². The van der Waals surface area contributed by atoms with Crippen molar-refractivity contribution in [1.82, 2.24) is 9.88 Å². The van der Waals surface area contributed by atoms with Crippen molar-refractivity contribution in [3.05, 3.63) is 83.6 Å². The van der Waals surface area contributed by atoms with Crippen molar-refractivity contribution >= 4 is 23.1 Å². The maximum absolute atomic E-state index is 13.9. The van der Waals surface area contributed by atoms with E-state index in [0.29, 0.717) is 35.6 Å². The highest BCUT2D eigenvalue weighted by Gasteiger charge is 2.31. The van der Waals surface area contributed by atoms with Crippen LogP contribution in [0.5, 0.6) is 5.75 Å². The first-order chi connectivity index (χ1) is 23.2. The van der Waals surface area contributed by atoms with Crippen LogP contribution in [0.15, 0.2) is 71.9 Å². The third-order valence-electron chi connectivity index (χ3n) is 9.57. The van der Waals surface area contributed by atoms with Crippen molar-refractivity contribution in [2.75, 3.05) is 11.9 Å². The maximum atomic E-state index is 13.9. The average Bonchev–Trinajstić information content (AvgIpc) is 3.07. The zero-order valence-corrected chi connectivity index (χ0v) is 30.8. The van der Waals surface area contributed by atoms with Gasteiger partial charge in [0.2, 0.25) is 0 Å². The fourth-order valence-electron chi connectivity index (χ4n) is 6.29. The summed E-state index contributed by atoms with van der Waals surface area (Å²) in [6.07, 6.45) is 12.4. The van der Waals surface area contributed by atoms with Gasteiger partial charge in [-0.3, -0.25) is 4.79 Å². The zero-order chi connectivity index (χ0) is 36.3. The molecule has 9 heteroatoms. The molecule has 2 aromatic rings. The predicted octanol–water partition coefficient (Wildman–Crippen LogP) is 10.5. The molecule has 7 nitrogen and oxygen atoms in total. The van der Waals surface area contributed by atoms with E-state index < -0.39 is 11.8 Å². The number of halogens is 2. The summed E-state index contributed by atoms with van der Waals surface area (Å²) in [5.41, 5.74) is 10.3. The number of anilines is 1. The van der Waals surface area contributed by atoms with E-state index in [4.69, 9.17) is 10.5 Å². The lowest BCUT2D eigenvalue weighted by Crippen LogP contribution is -2.34. The summed E-state index contributed by atoms with van der Waals surface area (Å²) in [7, 11) is 0. The molecule has 1 amide bonds. The zero-order valence-electron chi connectivity index (χ0n) is 30.8. The number of allylic oxidation sites excluding steroid dienone is 2. The van der Waals surface area contributed by atoms with E-state index in [-0.39, 0.29) is 23.2 Å². The first-order valence-electron chi connectivity index (χ1n) is 17.9. The van der Waals surface area contributed by atoms with Crippen molar-refractivity contribution in [1.29, 1.82) is 0 Å². The number of pyridine rings is 1. The van der Waals surface area contributed by atoms with Crippen LogP contribution in [-0.4, -0.2) is 28.2 Å². The number of nitrogens with one attached hydrogen (secondary N) is 1. The van der Waals surface area contributed by atoms with Crippen LogP contribution in [0.4, 0.5) is 14.6 Å². The second kappa shape index (κ2) is 18.1. The number of alkyl halides is 2. The molecule has 2 heterocycles. The van der Waals surface area contributed by atoms with Crippen LogP contribution in [0.1, 0.15) is 122 Å². The van der Waals surface area contributed by atoms with E-state index in [0.717, 1.165) is 61.6 Å². The van der Waals surface area contributed by atoms with Crippen LogP contribution >= 0.6 is 0 Å². The second-order valence-corrected chi connectivity index (χ2v) is 13.6. The van der Waals surface area contributed by atoms with Gasteiger partial charge in [0.25, 0.3) is 11.8 Å². The summed E-state index contributed by atoms with van der Waals surface area (Å²) >= 11 is 0. The minimum atomic E-state index is -3.06. The number of carbonyl (C=O) groups excluding carboxylic acids is 1. The molecule has 4 unspecified atom stereocenters. The molecule has 3 N–H and O–H groups in total. The molecule has 4 atom stereocenters. The number of amidine groups is 1. The molecule has 1 aliphatic rings. The van der Waals surface area contributed by atoms with Crippen LogP contribution in [-0.2, 0) is 5.92 Å². The number of benzene rings is 1. The SMILES string of the molecule is C=C(C(CCC(C)CCC)CC(C)CC)N1C=CN=C(N)/C1=C(\c1ccc(C(=O)Nc2cc(C(C)(F)F)ccn2)cc1OCC)C(C)CC. The number of carbonyl (C=O) groups is 1. The van der Waals surface area contributed by atoms with Crippen LogP contribution in [0.3, 0.4) is 0 Å². The Morgan fingerprint density at radius 3 is 2.41 bits per heavy atom. The van der Waals surface area contributed by atoms with E-state index in [9.17, 15) is 13.6 Å². The summed E-state index contributed by atoms with van der Waals surface area (Å²) in [6.45, 7) is 21.1. The Bertz CT molecular complexity index is 1530. The maximum Gasteiger partial charge on any atom is 0.270 e. The van der Waals surface area contributed by atoms with Crippen LogP contribution in [0.25, 0.3) is 5.57 Å². The van der Waals surface area contributed by atoms with Gasteiger partial charge in [0, 0.05) is 47.9 Å². The van der Waals surface area contributed by atoms with Gasteiger partial charge in [-0.1, -0.05) is 79.9 Å². The fourth-order valence-corrected chi connectivity index (χ4v) is 6.29. The molecule has 0 radical (unpaired) electrons. The highest BCUT2D eigenvalue weighted by Crippen LogP contribution is 2.41. The summed E-state index contributed by atoms with van der Waals surface area (Å²) in [5.74, 6) is -1.12. The molecule has 268 valence electrons. The minimum Gasteiger partial charge on any atom is -0.493 e. The predicted molar refractivity (Wildman–Crippen MR) is 198 cm³/mol. The number of aliphatic imine (C=N–C) groups is 1. The van der Waals surface area contributed by atoms with Gasteiger partial charge in [0.05, 0.1) is 12.3 Å². The van der Waals surface area contributed by atoms with E-state index in [1.165, 1.54) is 31.2 Å². The van der Waals surface area contributed by atoms with Gasteiger partial charge in [0.15, 0.2) is 0 Å². The van der Waals surface area contributed by atoms with Gasteiger partial charge in [-0.25, -0.2) is 18.8 Å². The molecule has 0 aliphatic carbocycles. The lowest BCUT2D eigenvalue weighted by molar-refractivity contribution is 0.0174. The monoisotopic (exact) mass is 677 g/mol. The van der Waals surface area contributed by atoms with E-state index >= 15 is 0 Å². The molecule has 1 aliphatic heterocycles. The van der Waals surface area contributed by atoms with Crippen LogP contribution in [0, 0.1) is 23.7 Å². The Kier molecular flexibility index (Phi) is 14.6. The molecule has 1 aromatic heterocycles. The molecule has 0 saturated carbocycles. The molecular weight excluding hydrogens is 620 g/mol. The summed E-state index contributed by atoms with van der Waals surface area (Å²) in [4.78, 5) is 24.1. The number of nitrogens with zero attached hydrogens (tertiary/aromatic N) is 3. The molecule has 3 rings (SSSR count). The largest absolute Gasteiger partial charge is 0.493 e. The third-order valence-corrected chi connectivity index (χ3v) is 9.57. The van der Waals surface area contributed by atoms with Gasteiger partial charge >= 0.3 is 0 Å². The van der Waals surface area contributed by atoms with Gasteiger partial charge in [-0.2, -0.15) is 0 Å². The number of aromatic nitrogens is 1. The number of rotatable bonds is 18. The van der Waals surface area contributed by atoms with Crippen LogP contribution in [0.2, 0.25) is 0 Å². The first-order valence-corrected chi connectivity index (χ1v) is 17.9. The summed E-state index contributed by atoms with van der Waals surface area (Å²) in [6, 6.07) is 7.67. The summed E-state index contributed by atoms with van der Waals surface area (Å²) < 4.78 is 34.0. The molecule has 0 fully saturated rings. The van der Waals surface area contributed by atoms with Gasteiger partial charge in [0.1, 0.15) is 17.4 Å². The molecule has 0 saturated heterocycles. The van der Waals surface area contributed by atoms with Crippen LogP contribution < -0.4 is 15.8 Å². The van der Waals surface area contributed by atoms with E-state index in [1.54, 1.807) is 18.3 Å². The molecule has 49 heavy (non-hydrogen) atoms. The Labute approximate surface area is 292 Å². The second-order valence-electron chi connectivity index (χ2n) is 13.6.